The summed E-state index contributed by atoms with van der Waals surface area (Å²) < 4.78 is 39.7. The summed E-state index contributed by atoms with van der Waals surface area (Å²) in [6, 6.07) is 11.5. The first-order valence-electron chi connectivity index (χ1n) is 7.02. The number of thiophene rings is 1. The van der Waals surface area contributed by atoms with E-state index in [4.69, 9.17) is 0 Å². The van der Waals surface area contributed by atoms with Crippen molar-refractivity contribution < 1.29 is 13.2 Å². The van der Waals surface area contributed by atoms with Crippen LogP contribution in [0.1, 0.15) is 5.56 Å². The van der Waals surface area contributed by atoms with Gasteiger partial charge in [-0.05, 0) is 18.2 Å². The molecule has 0 aliphatic rings. The zero-order valence-corrected chi connectivity index (χ0v) is 12.8. The average Bonchev–Trinajstić information content (AvgIpc) is 2.99. The molecule has 4 aromatic rings. The van der Waals surface area contributed by atoms with Crippen molar-refractivity contribution in [2.24, 2.45) is 0 Å². The van der Waals surface area contributed by atoms with Crippen molar-refractivity contribution in [3.8, 4) is 11.4 Å². The Morgan fingerprint density at radius 3 is 2.54 bits per heavy atom. The minimum Gasteiger partial charge on any atom is -0.306 e. The van der Waals surface area contributed by atoms with Crippen LogP contribution in [0.4, 0.5) is 13.2 Å². The Morgan fingerprint density at radius 2 is 1.75 bits per heavy atom. The van der Waals surface area contributed by atoms with Gasteiger partial charge in [-0.15, -0.1) is 11.3 Å². The van der Waals surface area contributed by atoms with Gasteiger partial charge in [-0.3, -0.25) is 4.79 Å². The molecule has 0 amide bonds. The third-order valence-corrected chi connectivity index (χ3v) is 4.80. The van der Waals surface area contributed by atoms with Gasteiger partial charge in [-0.1, -0.05) is 24.3 Å². The topological polar surface area (TPSA) is 45.8 Å². The number of benzene rings is 2. The molecule has 4 rings (SSSR count). The largest absolute Gasteiger partial charge is 0.417 e. The van der Waals surface area contributed by atoms with Gasteiger partial charge >= 0.3 is 6.18 Å². The number of rotatable bonds is 1. The molecule has 1 N–H and O–H groups in total. The van der Waals surface area contributed by atoms with Crippen LogP contribution in [0, 0.1) is 0 Å². The summed E-state index contributed by atoms with van der Waals surface area (Å²) in [6.45, 7) is 0. The molecule has 0 unspecified atom stereocenters. The Hall–Kier alpha value is -2.67. The fraction of sp³-hybridized carbons (Fsp3) is 0.0588. The predicted octanol–water partition coefficient (Wildman–Crippen LogP) is 4.82. The van der Waals surface area contributed by atoms with Crippen molar-refractivity contribution in [1.82, 2.24) is 9.97 Å². The third-order valence-electron chi connectivity index (χ3n) is 3.77. The van der Waals surface area contributed by atoms with E-state index in [9.17, 15) is 18.0 Å². The van der Waals surface area contributed by atoms with Crippen LogP contribution in [0.3, 0.4) is 0 Å². The second-order valence-electron chi connectivity index (χ2n) is 5.26. The van der Waals surface area contributed by atoms with Crippen LogP contribution < -0.4 is 5.56 Å². The first-order valence-corrected chi connectivity index (χ1v) is 7.90. The highest BCUT2D eigenvalue weighted by Gasteiger charge is 2.34. The Kier molecular flexibility index (Phi) is 3.21. The monoisotopic (exact) mass is 346 g/mol. The van der Waals surface area contributed by atoms with Gasteiger partial charge in [0.25, 0.3) is 5.56 Å². The highest BCUT2D eigenvalue weighted by atomic mass is 32.1. The normalized spacial score (nSPS) is 12.1. The average molecular weight is 346 g/mol. The fourth-order valence-electron chi connectivity index (χ4n) is 2.68. The second-order valence-corrected chi connectivity index (χ2v) is 6.14. The highest BCUT2D eigenvalue weighted by molar-refractivity contribution is 7.18. The number of aromatic amines is 1. The van der Waals surface area contributed by atoms with E-state index < -0.39 is 11.7 Å². The smallest absolute Gasteiger partial charge is 0.306 e. The molecule has 0 aliphatic carbocycles. The molecule has 3 nitrogen and oxygen atoms in total. The van der Waals surface area contributed by atoms with E-state index in [2.05, 4.69) is 9.97 Å². The number of hydrogen-bond acceptors (Lipinski definition) is 3. The van der Waals surface area contributed by atoms with Crippen LogP contribution in [-0.2, 0) is 6.18 Å². The molecule has 0 radical (unpaired) electrons. The molecule has 0 spiro atoms. The Bertz CT molecular complexity index is 1130. The lowest BCUT2D eigenvalue weighted by Gasteiger charge is -2.07. The second kappa shape index (κ2) is 5.17. The van der Waals surface area contributed by atoms with Gasteiger partial charge in [0.15, 0.2) is 0 Å². The van der Waals surface area contributed by atoms with E-state index in [0.717, 1.165) is 16.7 Å². The molecule has 0 bridgehead atoms. The highest BCUT2D eigenvalue weighted by Crippen LogP contribution is 2.41. The first-order chi connectivity index (χ1) is 11.4. The molecule has 2 heterocycles. The number of para-hydroxylation sites is 1. The predicted molar refractivity (Wildman–Crippen MR) is 88.2 cm³/mol. The molecular formula is C17H9F3N2OS. The Balaban J connectivity index is 2.01. The lowest BCUT2D eigenvalue weighted by atomic mass is 10.1. The molecule has 2 aromatic heterocycles. The minimum atomic E-state index is -4.42. The van der Waals surface area contributed by atoms with E-state index in [-0.39, 0.29) is 16.8 Å². The number of halogens is 3. The Labute approximate surface area is 137 Å². The van der Waals surface area contributed by atoms with Crippen LogP contribution >= 0.6 is 11.3 Å². The van der Waals surface area contributed by atoms with Crippen molar-refractivity contribution in [2.75, 3.05) is 0 Å². The number of alkyl halides is 3. The zero-order chi connectivity index (χ0) is 16.9. The van der Waals surface area contributed by atoms with Crippen LogP contribution in [0.2, 0.25) is 0 Å². The Morgan fingerprint density at radius 1 is 1.00 bits per heavy atom. The standard InChI is InChI=1S/C17H9F3N2OS/c18-17(19,20)12-8-24-14-9(12)5-3-6-11(14)15-21-13-7-2-1-4-10(13)16(23)22-15/h1-8H,(H,21,22,23). The molecular weight excluding hydrogens is 337 g/mol. The summed E-state index contributed by atoms with van der Waals surface area (Å²) in [4.78, 5) is 19.3. The summed E-state index contributed by atoms with van der Waals surface area (Å²) in [5, 5.41) is 1.64. The van der Waals surface area contributed by atoms with Crippen LogP contribution in [0.25, 0.3) is 32.4 Å². The van der Waals surface area contributed by atoms with Crippen molar-refractivity contribution in [1.29, 1.82) is 0 Å². The number of aromatic nitrogens is 2. The minimum absolute atomic E-state index is 0.112. The van der Waals surface area contributed by atoms with Crippen molar-refractivity contribution in [3.63, 3.8) is 0 Å². The lowest BCUT2D eigenvalue weighted by Crippen LogP contribution is -2.09. The maximum Gasteiger partial charge on any atom is 0.417 e. The molecule has 120 valence electrons. The molecule has 0 aliphatic heterocycles. The number of fused-ring (bicyclic) bond motifs is 2. The quantitative estimate of drug-likeness (QED) is 0.537. The molecule has 0 saturated heterocycles. The maximum absolute atomic E-state index is 13.1. The molecule has 0 fully saturated rings. The van der Waals surface area contributed by atoms with E-state index in [0.29, 0.717) is 21.2 Å². The maximum atomic E-state index is 13.1. The van der Waals surface area contributed by atoms with Gasteiger partial charge in [0, 0.05) is 21.0 Å². The van der Waals surface area contributed by atoms with Crippen LogP contribution in [0.15, 0.2) is 52.6 Å². The van der Waals surface area contributed by atoms with E-state index in [1.54, 1.807) is 30.3 Å². The zero-order valence-electron chi connectivity index (χ0n) is 12.0. The van der Waals surface area contributed by atoms with Gasteiger partial charge in [0.1, 0.15) is 5.82 Å². The number of H-pyrrole nitrogens is 1. The first kappa shape index (κ1) is 14.9. The summed E-state index contributed by atoms with van der Waals surface area (Å²) in [5.41, 5.74) is -0.00982. The molecule has 24 heavy (non-hydrogen) atoms. The molecule has 0 saturated carbocycles. The molecule has 2 aromatic carbocycles. The summed E-state index contributed by atoms with van der Waals surface area (Å²) in [5.74, 6) is 0.264. The van der Waals surface area contributed by atoms with Crippen LogP contribution in [0.5, 0.6) is 0 Å². The SMILES string of the molecule is O=c1[nH]c(-c2cccc3c(C(F)(F)F)csc23)nc2ccccc12. The summed E-state index contributed by atoms with van der Waals surface area (Å²) in [7, 11) is 0. The van der Waals surface area contributed by atoms with Crippen molar-refractivity contribution in [2.45, 2.75) is 6.18 Å². The van der Waals surface area contributed by atoms with Crippen molar-refractivity contribution in [3.05, 3.63) is 63.8 Å². The summed E-state index contributed by atoms with van der Waals surface area (Å²) >= 11 is 0.991. The van der Waals surface area contributed by atoms with E-state index in [1.165, 1.54) is 12.1 Å². The molecule has 0 atom stereocenters. The van der Waals surface area contributed by atoms with Gasteiger partial charge < -0.3 is 4.98 Å². The van der Waals surface area contributed by atoms with E-state index >= 15 is 0 Å². The number of nitrogens with one attached hydrogen (secondary N) is 1. The van der Waals surface area contributed by atoms with Gasteiger partial charge in [0.2, 0.25) is 0 Å². The van der Waals surface area contributed by atoms with E-state index in [1.807, 2.05) is 0 Å². The van der Waals surface area contributed by atoms with Crippen molar-refractivity contribution >= 4 is 32.3 Å². The number of hydrogen-bond donors (Lipinski definition) is 1. The van der Waals surface area contributed by atoms with Gasteiger partial charge in [-0.25, -0.2) is 4.98 Å². The third kappa shape index (κ3) is 2.28. The van der Waals surface area contributed by atoms with Crippen LogP contribution in [-0.4, -0.2) is 9.97 Å². The number of nitrogens with zero attached hydrogens (tertiary/aromatic N) is 1. The van der Waals surface area contributed by atoms with Gasteiger partial charge in [-0.2, -0.15) is 13.2 Å². The summed E-state index contributed by atoms with van der Waals surface area (Å²) in [6.07, 6.45) is -4.42. The fourth-order valence-corrected chi connectivity index (χ4v) is 3.77. The lowest BCUT2D eigenvalue weighted by molar-refractivity contribution is -0.136. The van der Waals surface area contributed by atoms with Gasteiger partial charge in [0.05, 0.1) is 16.5 Å². The molecule has 7 heteroatoms.